The van der Waals surface area contributed by atoms with E-state index in [4.69, 9.17) is 0 Å². The zero-order valence-corrected chi connectivity index (χ0v) is 12.5. The van der Waals surface area contributed by atoms with E-state index in [1.165, 1.54) is 0 Å². The van der Waals surface area contributed by atoms with Crippen LogP contribution in [0.2, 0.25) is 0 Å². The van der Waals surface area contributed by atoms with E-state index in [0.29, 0.717) is 13.0 Å². The molecule has 1 heterocycles. The number of hydrogen-bond donors (Lipinski definition) is 2. The van der Waals surface area contributed by atoms with Crippen LogP contribution in [-0.2, 0) is 16.4 Å². The first-order valence-electron chi connectivity index (χ1n) is 7.10. The van der Waals surface area contributed by atoms with Crippen molar-refractivity contribution in [2.75, 3.05) is 45.0 Å². The van der Waals surface area contributed by atoms with Gasteiger partial charge in [-0.15, -0.1) is 0 Å². The number of sulfonamides is 1. The lowest BCUT2D eigenvalue weighted by molar-refractivity contribution is 0.245. The molecule has 0 aromatic heterocycles. The van der Waals surface area contributed by atoms with Crippen LogP contribution < -0.4 is 10.0 Å². The van der Waals surface area contributed by atoms with Crippen molar-refractivity contribution in [1.29, 1.82) is 0 Å². The van der Waals surface area contributed by atoms with Crippen molar-refractivity contribution in [3.63, 3.8) is 0 Å². The Bertz CT molecular complexity index is 484. The van der Waals surface area contributed by atoms with E-state index >= 15 is 0 Å². The molecule has 1 aromatic rings. The number of piperazine rings is 1. The summed E-state index contributed by atoms with van der Waals surface area (Å²) >= 11 is 0. The van der Waals surface area contributed by atoms with Gasteiger partial charge in [0.25, 0.3) is 0 Å². The van der Waals surface area contributed by atoms with Crippen LogP contribution in [0.1, 0.15) is 5.56 Å². The molecule has 2 N–H and O–H groups in total. The van der Waals surface area contributed by atoms with Crippen LogP contribution in [0.4, 0.5) is 0 Å². The second kappa shape index (κ2) is 7.73. The van der Waals surface area contributed by atoms with Crippen LogP contribution >= 0.6 is 0 Å². The predicted molar refractivity (Wildman–Crippen MR) is 81.2 cm³/mol. The lowest BCUT2D eigenvalue weighted by atomic mass is 10.2. The molecule has 0 unspecified atom stereocenters. The first-order valence-corrected chi connectivity index (χ1v) is 8.75. The summed E-state index contributed by atoms with van der Waals surface area (Å²) in [5.74, 6) is 0.151. The minimum atomic E-state index is -3.17. The fourth-order valence-electron chi connectivity index (χ4n) is 2.26. The van der Waals surface area contributed by atoms with E-state index < -0.39 is 10.0 Å². The molecule has 0 saturated carbocycles. The molecule has 1 aromatic carbocycles. The molecule has 1 aliphatic heterocycles. The van der Waals surface area contributed by atoms with Gasteiger partial charge in [-0.05, 0) is 12.0 Å². The molecule has 0 bridgehead atoms. The SMILES string of the molecule is O=S(=O)(CCc1ccccc1)NCCN1CCNCC1. The number of benzene rings is 1. The van der Waals surface area contributed by atoms with Gasteiger partial charge in [0.2, 0.25) is 10.0 Å². The smallest absolute Gasteiger partial charge is 0.211 e. The zero-order chi connectivity index (χ0) is 14.3. The number of nitrogens with one attached hydrogen (secondary N) is 2. The fraction of sp³-hybridized carbons (Fsp3) is 0.571. The van der Waals surface area contributed by atoms with Gasteiger partial charge in [-0.1, -0.05) is 30.3 Å². The van der Waals surface area contributed by atoms with Crippen molar-refractivity contribution in [1.82, 2.24) is 14.9 Å². The Labute approximate surface area is 121 Å². The van der Waals surface area contributed by atoms with E-state index in [2.05, 4.69) is 14.9 Å². The average Bonchev–Trinajstić information content (AvgIpc) is 2.47. The van der Waals surface area contributed by atoms with Crippen LogP contribution in [-0.4, -0.2) is 58.3 Å². The molecule has 20 heavy (non-hydrogen) atoms. The van der Waals surface area contributed by atoms with Gasteiger partial charge in [-0.2, -0.15) is 0 Å². The van der Waals surface area contributed by atoms with Crippen LogP contribution in [0.3, 0.4) is 0 Å². The third kappa shape index (κ3) is 5.58. The summed E-state index contributed by atoms with van der Waals surface area (Å²) in [4.78, 5) is 2.27. The summed E-state index contributed by atoms with van der Waals surface area (Å²) in [5.41, 5.74) is 1.06. The van der Waals surface area contributed by atoms with Gasteiger partial charge in [0.15, 0.2) is 0 Å². The summed E-state index contributed by atoms with van der Waals surface area (Å²) in [6.07, 6.45) is 0.559. The Morgan fingerprint density at radius 2 is 1.85 bits per heavy atom. The second-order valence-corrected chi connectivity index (χ2v) is 6.97. The van der Waals surface area contributed by atoms with Crippen molar-refractivity contribution in [2.24, 2.45) is 0 Å². The van der Waals surface area contributed by atoms with E-state index in [9.17, 15) is 8.42 Å². The summed E-state index contributed by atoms with van der Waals surface area (Å²) in [5, 5.41) is 3.28. The molecular formula is C14H23N3O2S. The Morgan fingerprint density at radius 3 is 2.55 bits per heavy atom. The fourth-order valence-corrected chi connectivity index (χ4v) is 3.31. The normalized spacial score (nSPS) is 17.2. The molecule has 1 fully saturated rings. The molecule has 1 saturated heterocycles. The molecule has 6 heteroatoms. The third-order valence-corrected chi connectivity index (χ3v) is 4.85. The van der Waals surface area contributed by atoms with Gasteiger partial charge in [0.05, 0.1) is 5.75 Å². The second-order valence-electron chi connectivity index (χ2n) is 5.04. The quantitative estimate of drug-likeness (QED) is 0.747. The molecular weight excluding hydrogens is 274 g/mol. The van der Waals surface area contributed by atoms with Crippen molar-refractivity contribution >= 4 is 10.0 Å². The van der Waals surface area contributed by atoms with Gasteiger partial charge < -0.3 is 5.32 Å². The summed E-state index contributed by atoms with van der Waals surface area (Å²) in [7, 11) is -3.17. The van der Waals surface area contributed by atoms with Gasteiger partial charge in [-0.3, -0.25) is 4.90 Å². The molecule has 0 radical (unpaired) electrons. The Morgan fingerprint density at radius 1 is 1.15 bits per heavy atom. The van der Waals surface area contributed by atoms with E-state index in [1.54, 1.807) is 0 Å². The Kier molecular flexibility index (Phi) is 5.97. The van der Waals surface area contributed by atoms with Crippen molar-refractivity contribution in [3.8, 4) is 0 Å². The minimum Gasteiger partial charge on any atom is -0.314 e. The van der Waals surface area contributed by atoms with E-state index in [0.717, 1.165) is 38.3 Å². The van der Waals surface area contributed by atoms with E-state index in [-0.39, 0.29) is 5.75 Å². The molecule has 0 spiro atoms. The maximum Gasteiger partial charge on any atom is 0.211 e. The summed E-state index contributed by atoms with van der Waals surface area (Å²) in [6, 6.07) is 9.70. The highest BCUT2D eigenvalue weighted by Gasteiger charge is 2.12. The van der Waals surface area contributed by atoms with Crippen LogP contribution in [0, 0.1) is 0 Å². The minimum absolute atomic E-state index is 0.151. The van der Waals surface area contributed by atoms with E-state index in [1.807, 2.05) is 30.3 Å². The third-order valence-electron chi connectivity index (χ3n) is 3.46. The molecule has 0 atom stereocenters. The van der Waals surface area contributed by atoms with Gasteiger partial charge >= 0.3 is 0 Å². The van der Waals surface area contributed by atoms with Gasteiger partial charge in [-0.25, -0.2) is 13.1 Å². The van der Waals surface area contributed by atoms with Gasteiger partial charge in [0.1, 0.15) is 0 Å². The highest BCUT2D eigenvalue weighted by Crippen LogP contribution is 2.01. The standard InChI is InChI=1S/C14H23N3O2S/c18-20(19,13-6-14-4-2-1-3-5-14)16-9-12-17-10-7-15-8-11-17/h1-5,15-16H,6-13H2. The Hall–Kier alpha value is -0.950. The number of rotatable bonds is 7. The van der Waals surface area contributed by atoms with Crippen LogP contribution in [0.15, 0.2) is 30.3 Å². The molecule has 2 rings (SSSR count). The van der Waals surface area contributed by atoms with Crippen molar-refractivity contribution < 1.29 is 8.42 Å². The number of aryl methyl sites for hydroxylation is 1. The Balaban J connectivity index is 1.68. The van der Waals surface area contributed by atoms with Crippen LogP contribution in [0.25, 0.3) is 0 Å². The average molecular weight is 297 g/mol. The number of nitrogens with zero attached hydrogens (tertiary/aromatic N) is 1. The first kappa shape index (κ1) is 15.4. The first-order chi connectivity index (χ1) is 9.66. The topological polar surface area (TPSA) is 61.4 Å². The molecule has 5 nitrogen and oxygen atoms in total. The van der Waals surface area contributed by atoms with Crippen molar-refractivity contribution in [3.05, 3.63) is 35.9 Å². The largest absolute Gasteiger partial charge is 0.314 e. The number of hydrogen-bond acceptors (Lipinski definition) is 4. The molecule has 1 aliphatic rings. The van der Waals surface area contributed by atoms with Crippen molar-refractivity contribution in [2.45, 2.75) is 6.42 Å². The lowest BCUT2D eigenvalue weighted by Gasteiger charge is -2.27. The predicted octanol–water partition coefficient (Wildman–Crippen LogP) is 0.0537. The van der Waals surface area contributed by atoms with Crippen LogP contribution in [0.5, 0.6) is 0 Å². The maximum atomic E-state index is 11.9. The summed E-state index contributed by atoms with van der Waals surface area (Å²) in [6.45, 7) is 5.24. The highest BCUT2D eigenvalue weighted by atomic mass is 32.2. The van der Waals surface area contributed by atoms with Gasteiger partial charge in [0, 0.05) is 39.3 Å². The molecule has 0 aliphatic carbocycles. The highest BCUT2D eigenvalue weighted by molar-refractivity contribution is 7.89. The zero-order valence-electron chi connectivity index (χ0n) is 11.7. The lowest BCUT2D eigenvalue weighted by Crippen LogP contribution is -2.46. The molecule has 0 amide bonds. The summed E-state index contributed by atoms with van der Waals surface area (Å²) < 4.78 is 26.5. The monoisotopic (exact) mass is 297 g/mol. The molecule has 112 valence electrons. The maximum absolute atomic E-state index is 11.9.